The van der Waals surface area contributed by atoms with Crippen LogP contribution in [0.25, 0.3) is 0 Å². The molecule has 1 fully saturated rings. The van der Waals surface area contributed by atoms with E-state index < -0.39 is 12.1 Å². The van der Waals surface area contributed by atoms with Gasteiger partial charge < -0.3 is 15.5 Å². The zero-order valence-electron chi connectivity index (χ0n) is 15.9. The normalized spacial score (nSPS) is 16.2. The Morgan fingerprint density at radius 3 is 2.38 bits per heavy atom. The van der Waals surface area contributed by atoms with Crippen molar-refractivity contribution in [1.82, 2.24) is 15.5 Å². The van der Waals surface area contributed by atoms with Gasteiger partial charge in [0.25, 0.3) is 0 Å². The average Bonchev–Trinajstić information content (AvgIpc) is 2.61. The molecule has 0 bridgehead atoms. The second kappa shape index (κ2) is 10.4. The molecule has 3 N–H and O–H groups in total. The number of nitrogens with one attached hydrogen (secondary N) is 3. The van der Waals surface area contributed by atoms with Crippen LogP contribution in [0.5, 0.6) is 0 Å². The van der Waals surface area contributed by atoms with Crippen molar-refractivity contribution in [2.75, 3.05) is 36.5 Å². The van der Waals surface area contributed by atoms with Gasteiger partial charge in [-0.05, 0) is 44.9 Å². The van der Waals surface area contributed by atoms with Crippen molar-refractivity contribution in [3.05, 3.63) is 29.8 Å². The highest BCUT2D eigenvalue weighted by molar-refractivity contribution is 7.99. The molecule has 1 aliphatic heterocycles. The van der Waals surface area contributed by atoms with E-state index in [-0.39, 0.29) is 11.9 Å². The van der Waals surface area contributed by atoms with Crippen LogP contribution in [-0.4, -0.2) is 60.1 Å². The first-order valence-corrected chi connectivity index (χ1v) is 10.4. The number of hydrogen-bond acceptors (Lipinski definition) is 5. The SMILES string of the molecule is CC(C)NC(=O)NC(=O)[C@H](C)Nc1ccc(CCN2CCSCC2)cc1. The minimum Gasteiger partial charge on any atom is -0.374 e. The molecule has 1 heterocycles. The molecule has 144 valence electrons. The van der Waals surface area contributed by atoms with E-state index in [2.05, 4.69) is 33.0 Å². The minimum absolute atomic E-state index is 0.0118. The number of thioether (sulfide) groups is 1. The van der Waals surface area contributed by atoms with Gasteiger partial charge in [-0.15, -0.1) is 0 Å². The highest BCUT2D eigenvalue weighted by atomic mass is 32.2. The summed E-state index contributed by atoms with van der Waals surface area (Å²) in [7, 11) is 0. The van der Waals surface area contributed by atoms with Gasteiger partial charge >= 0.3 is 6.03 Å². The fourth-order valence-corrected chi connectivity index (χ4v) is 3.69. The summed E-state index contributed by atoms with van der Waals surface area (Å²) in [5.74, 6) is 2.12. The summed E-state index contributed by atoms with van der Waals surface area (Å²) in [6, 6.07) is 7.18. The molecule has 26 heavy (non-hydrogen) atoms. The van der Waals surface area contributed by atoms with Crippen molar-refractivity contribution in [3.63, 3.8) is 0 Å². The molecule has 0 unspecified atom stereocenters. The number of benzene rings is 1. The smallest absolute Gasteiger partial charge is 0.321 e. The maximum atomic E-state index is 12.0. The van der Waals surface area contributed by atoms with E-state index in [0.717, 1.165) is 18.7 Å². The minimum atomic E-state index is -0.496. The van der Waals surface area contributed by atoms with Crippen LogP contribution in [-0.2, 0) is 11.2 Å². The number of carbonyl (C=O) groups excluding carboxylic acids is 2. The lowest BCUT2D eigenvalue weighted by Gasteiger charge is -2.26. The second-order valence-electron chi connectivity index (χ2n) is 6.88. The Morgan fingerprint density at radius 1 is 1.12 bits per heavy atom. The summed E-state index contributed by atoms with van der Waals surface area (Å²) >= 11 is 2.03. The molecule has 0 spiro atoms. The molecule has 1 saturated heterocycles. The number of carbonyl (C=O) groups is 2. The molecule has 7 heteroatoms. The number of imide groups is 1. The van der Waals surface area contributed by atoms with Gasteiger partial charge in [0.05, 0.1) is 0 Å². The lowest BCUT2D eigenvalue weighted by molar-refractivity contribution is -0.120. The lowest BCUT2D eigenvalue weighted by atomic mass is 10.1. The predicted molar refractivity (Wildman–Crippen MR) is 109 cm³/mol. The summed E-state index contributed by atoms with van der Waals surface area (Å²) in [6.45, 7) is 8.88. The average molecular weight is 379 g/mol. The quantitative estimate of drug-likeness (QED) is 0.679. The first-order chi connectivity index (χ1) is 12.4. The van der Waals surface area contributed by atoms with Crippen LogP contribution in [0.2, 0.25) is 0 Å². The molecule has 1 aromatic rings. The van der Waals surface area contributed by atoms with Gasteiger partial charge in [-0.1, -0.05) is 12.1 Å². The summed E-state index contributed by atoms with van der Waals surface area (Å²) in [4.78, 5) is 26.1. The van der Waals surface area contributed by atoms with Crippen molar-refractivity contribution in [1.29, 1.82) is 0 Å². The zero-order valence-corrected chi connectivity index (χ0v) is 16.7. The van der Waals surface area contributed by atoms with E-state index in [1.165, 1.54) is 30.2 Å². The Hall–Kier alpha value is -1.73. The van der Waals surface area contributed by atoms with Crippen molar-refractivity contribution in [3.8, 4) is 0 Å². The van der Waals surface area contributed by atoms with Crippen LogP contribution < -0.4 is 16.0 Å². The number of hydrogen-bond donors (Lipinski definition) is 3. The molecule has 2 rings (SSSR count). The molecule has 1 atom stereocenters. The highest BCUT2D eigenvalue weighted by Gasteiger charge is 2.16. The van der Waals surface area contributed by atoms with E-state index in [1.807, 2.05) is 37.7 Å². The molecule has 6 nitrogen and oxygen atoms in total. The first-order valence-electron chi connectivity index (χ1n) is 9.21. The number of urea groups is 1. The van der Waals surface area contributed by atoms with Crippen molar-refractivity contribution < 1.29 is 9.59 Å². The largest absolute Gasteiger partial charge is 0.374 e. The van der Waals surface area contributed by atoms with Gasteiger partial charge in [0.15, 0.2) is 0 Å². The molecule has 0 aromatic heterocycles. The summed E-state index contributed by atoms with van der Waals surface area (Å²) in [5.41, 5.74) is 2.16. The number of rotatable bonds is 7. The number of nitrogens with zero attached hydrogens (tertiary/aromatic N) is 1. The monoisotopic (exact) mass is 378 g/mol. The van der Waals surface area contributed by atoms with Gasteiger partial charge in [0, 0.05) is 42.9 Å². The predicted octanol–water partition coefficient (Wildman–Crippen LogP) is 2.31. The van der Waals surface area contributed by atoms with Crippen LogP contribution >= 0.6 is 11.8 Å². The third-order valence-corrected chi connectivity index (χ3v) is 5.15. The topological polar surface area (TPSA) is 73.5 Å². The number of anilines is 1. The second-order valence-corrected chi connectivity index (χ2v) is 8.11. The molecular formula is C19H30N4O2S. The molecule has 1 aromatic carbocycles. The Balaban J connectivity index is 1.76. The molecule has 0 saturated carbocycles. The van der Waals surface area contributed by atoms with E-state index in [4.69, 9.17) is 0 Å². The van der Waals surface area contributed by atoms with Gasteiger partial charge in [-0.25, -0.2) is 4.79 Å². The first kappa shape index (κ1) is 20.6. The van der Waals surface area contributed by atoms with Crippen LogP contribution in [0.15, 0.2) is 24.3 Å². The van der Waals surface area contributed by atoms with Gasteiger partial charge in [-0.2, -0.15) is 11.8 Å². The maximum absolute atomic E-state index is 12.0. The maximum Gasteiger partial charge on any atom is 0.321 e. The van der Waals surface area contributed by atoms with E-state index in [1.54, 1.807) is 6.92 Å². The fraction of sp³-hybridized carbons (Fsp3) is 0.579. The Morgan fingerprint density at radius 2 is 1.77 bits per heavy atom. The third kappa shape index (κ3) is 7.25. The Bertz CT molecular complexity index is 586. The van der Waals surface area contributed by atoms with Crippen LogP contribution in [0.1, 0.15) is 26.3 Å². The van der Waals surface area contributed by atoms with Crippen molar-refractivity contribution in [2.45, 2.75) is 39.3 Å². The van der Waals surface area contributed by atoms with Gasteiger partial charge in [-0.3, -0.25) is 10.1 Å². The summed E-state index contributed by atoms with van der Waals surface area (Å²) < 4.78 is 0. The summed E-state index contributed by atoms with van der Waals surface area (Å²) in [5, 5.41) is 8.11. The fourth-order valence-electron chi connectivity index (χ4n) is 2.71. The third-order valence-electron chi connectivity index (χ3n) is 4.21. The van der Waals surface area contributed by atoms with Crippen molar-refractivity contribution in [2.24, 2.45) is 0 Å². The summed E-state index contributed by atoms with van der Waals surface area (Å²) in [6.07, 6.45) is 1.04. The van der Waals surface area contributed by atoms with Gasteiger partial charge in [0.1, 0.15) is 6.04 Å². The Labute approximate surface area is 160 Å². The van der Waals surface area contributed by atoms with Crippen LogP contribution in [0.4, 0.5) is 10.5 Å². The molecular weight excluding hydrogens is 348 g/mol. The zero-order chi connectivity index (χ0) is 18.9. The highest BCUT2D eigenvalue weighted by Crippen LogP contribution is 2.13. The van der Waals surface area contributed by atoms with E-state index in [0.29, 0.717) is 0 Å². The van der Waals surface area contributed by atoms with Crippen LogP contribution in [0, 0.1) is 0 Å². The van der Waals surface area contributed by atoms with E-state index >= 15 is 0 Å². The molecule has 0 aliphatic carbocycles. The molecule has 0 radical (unpaired) electrons. The molecule has 1 aliphatic rings. The van der Waals surface area contributed by atoms with Crippen molar-refractivity contribution >= 4 is 29.4 Å². The van der Waals surface area contributed by atoms with E-state index in [9.17, 15) is 9.59 Å². The number of amides is 3. The lowest BCUT2D eigenvalue weighted by Crippen LogP contribution is -2.47. The molecule has 3 amide bonds. The Kier molecular flexibility index (Phi) is 8.25. The van der Waals surface area contributed by atoms with Gasteiger partial charge in [0.2, 0.25) is 5.91 Å². The van der Waals surface area contributed by atoms with Crippen LogP contribution in [0.3, 0.4) is 0 Å². The standard InChI is InChI=1S/C19H30N4O2S/c1-14(2)20-19(25)22-18(24)15(3)21-17-6-4-16(5-7-17)8-9-23-10-12-26-13-11-23/h4-7,14-15,21H,8-13H2,1-3H3,(H2,20,22,24,25)/t15-/m0/s1.